The van der Waals surface area contributed by atoms with Crippen molar-refractivity contribution in [1.29, 1.82) is 0 Å². The molecule has 10 heteroatoms. The zero-order valence-corrected chi connectivity index (χ0v) is 18.0. The van der Waals surface area contributed by atoms with Gasteiger partial charge in [-0.3, -0.25) is 14.5 Å². The van der Waals surface area contributed by atoms with Crippen LogP contribution in [0.5, 0.6) is 0 Å². The maximum absolute atomic E-state index is 12.4. The van der Waals surface area contributed by atoms with E-state index >= 15 is 0 Å². The van der Waals surface area contributed by atoms with Crippen LogP contribution in [0.4, 0.5) is 0 Å². The maximum atomic E-state index is 12.4. The van der Waals surface area contributed by atoms with E-state index in [4.69, 9.17) is 12.2 Å². The second-order valence-corrected chi connectivity index (χ2v) is 8.36. The number of hydrogen-bond acceptors (Lipinski definition) is 6. The lowest BCUT2D eigenvalue weighted by Gasteiger charge is -2.09. The van der Waals surface area contributed by atoms with E-state index < -0.39 is 0 Å². The van der Waals surface area contributed by atoms with Gasteiger partial charge in [-0.2, -0.15) is 5.10 Å². The number of benzene rings is 1. The number of H-pyrrole nitrogens is 1. The van der Waals surface area contributed by atoms with Crippen molar-refractivity contribution in [3.05, 3.63) is 40.4 Å². The van der Waals surface area contributed by atoms with E-state index in [-0.39, 0.29) is 11.7 Å². The fourth-order valence-electron chi connectivity index (χ4n) is 3.21. The van der Waals surface area contributed by atoms with Crippen LogP contribution in [0.1, 0.15) is 37.2 Å². The maximum Gasteiger partial charge on any atom is 0.230 e. The molecule has 4 rings (SSSR count). The molecule has 0 radical (unpaired) electrons. The largest absolute Gasteiger partial charge is 0.348 e. The predicted molar refractivity (Wildman–Crippen MR) is 114 cm³/mol. The third-order valence-electron chi connectivity index (χ3n) is 4.77. The molecular weight excluding hydrogens is 406 g/mol. The molecule has 1 aliphatic carbocycles. The lowest BCUT2D eigenvalue weighted by molar-refractivity contribution is -0.118. The predicted octanol–water partition coefficient (Wildman–Crippen LogP) is 3.27. The first-order chi connectivity index (χ1) is 14.1. The smallest absolute Gasteiger partial charge is 0.230 e. The number of aryl methyl sites for hydroxylation is 1. The summed E-state index contributed by atoms with van der Waals surface area (Å²) in [6.45, 7) is 5.19. The Labute approximate surface area is 178 Å². The highest BCUT2D eigenvalue weighted by Gasteiger charge is 2.27. The zero-order valence-electron chi connectivity index (χ0n) is 16.4. The molecule has 0 aliphatic heterocycles. The molecule has 3 aromatic rings. The summed E-state index contributed by atoms with van der Waals surface area (Å²) in [7, 11) is 0. The molecule has 1 aliphatic rings. The van der Waals surface area contributed by atoms with Crippen molar-refractivity contribution in [1.82, 2.24) is 34.8 Å². The molecule has 0 unspecified atom stereocenters. The number of carbonyl (C=O) groups is 1. The highest BCUT2D eigenvalue weighted by atomic mass is 32.2. The standard InChI is InChI=1S/C19H23N7OS2/c1-3-25-17(13-6-4-5-12(2)9-13)22-24-19(25)29-11-16(27)20-10-15-21-23-18(28)26(15)14-7-8-14/h4-6,9,14H,3,7-8,10-11H2,1-2H3,(H,20,27)(H,23,28). The van der Waals surface area contributed by atoms with Gasteiger partial charge in [0.05, 0.1) is 12.3 Å². The molecule has 2 N–H and O–H groups in total. The lowest BCUT2D eigenvalue weighted by atomic mass is 10.1. The molecule has 0 atom stereocenters. The Morgan fingerprint density at radius 2 is 2.21 bits per heavy atom. The van der Waals surface area contributed by atoms with Gasteiger partial charge in [0.1, 0.15) is 0 Å². The molecule has 0 spiro atoms. The van der Waals surface area contributed by atoms with Crippen LogP contribution in [0.2, 0.25) is 0 Å². The monoisotopic (exact) mass is 429 g/mol. The Balaban J connectivity index is 1.38. The van der Waals surface area contributed by atoms with Gasteiger partial charge in [-0.05, 0) is 45.0 Å². The minimum Gasteiger partial charge on any atom is -0.348 e. The summed E-state index contributed by atoms with van der Waals surface area (Å²) >= 11 is 6.66. The summed E-state index contributed by atoms with van der Waals surface area (Å²) in [5, 5.41) is 19.3. The number of nitrogens with zero attached hydrogens (tertiary/aromatic N) is 5. The Morgan fingerprint density at radius 3 is 2.93 bits per heavy atom. The van der Waals surface area contributed by atoms with Crippen LogP contribution in [-0.2, 0) is 17.9 Å². The summed E-state index contributed by atoms with van der Waals surface area (Å²) in [5.41, 5.74) is 2.20. The lowest BCUT2D eigenvalue weighted by Crippen LogP contribution is -2.26. The first-order valence-electron chi connectivity index (χ1n) is 9.62. The molecule has 2 aromatic heterocycles. The van der Waals surface area contributed by atoms with Gasteiger partial charge in [-0.15, -0.1) is 10.2 Å². The van der Waals surface area contributed by atoms with Crippen molar-refractivity contribution in [3.63, 3.8) is 0 Å². The van der Waals surface area contributed by atoms with Crippen LogP contribution in [0.15, 0.2) is 29.4 Å². The number of hydrogen-bond donors (Lipinski definition) is 2. The molecule has 152 valence electrons. The molecular formula is C19H23N7OS2. The fourth-order valence-corrected chi connectivity index (χ4v) is 4.34. The zero-order chi connectivity index (χ0) is 20.4. The summed E-state index contributed by atoms with van der Waals surface area (Å²) in [6.07, 6.45) is 2.22. The van der Waals surface area contributed by atoms with Crippen molar-refractivity contribution in [2.45, 2.75) is 51.0 Å². The van der Waals surface area contributed by atoms with Gasteiger partial charge in [-0.1, -0.05) is 35.5 Å². The Morgan fingerprint density at radius 1 is 1.38 bits per heavy atom. The average Bonchev–Trinajstić information content (AvgIpc) is 3.35. The van der Waals surface area contributed by atoms with E-state index in [0.717, 1.165) is 41.8 Å². The molecule has 1 fully saturated rings. The molecule has 29 heavy (non-hydrogen) atoms. The quantitative estimate of drug-likeness (QED) is 0.422. The normalized spacial score (nSPS) is 13.6. The fraction of sp³-hybridized carbons (Fsp3) is 0.421. The number of amides is 1. The number of aromatic nitrogens is 6. The summed E-state index contributed by atoms with van der Waals surface area (Å²) in [4.78, 5) is 12.4. The second kappa shape index (κ2) is 8.50. The van der Waals surface area contributed by atoms with Crippen LogP contribution in [0.3, 0.4) is 0 Å². The van der Waals surface area contributed by atoms with Crippen molar-refractivity contribution < 1.29 is 4.79 Å². The minimum atomic E-state index is -0.0750. The van der Waals surface area contributed by atoms with Gasteiger partial charge in [-0.25, -0.2) is 0 Å². The number of thioether (sulfide) groups is 1. The van der Waals surface area contributed by atoms with Gasteiger partial charge in [0.25, 0.3) is 0 Å². The molecule has 2 heterocycles. The third kappa shape index (κ3) is 4.43. The van der Waals surface area contributed by atoms with Crippen molar-refractivity contribution in [3.8, 4) is 11.4 Å². The average molecular weight is 430 g/mol. The number of rotatable bonds is 8. The molecule has 8 nitrogen and oxygen atoms in total. The SMILES string of the molecule is CCn1c(SCC(=O)NCc2n[nH]c(=S)n2C2CC2)nnc1-c1cccc(C)c1. The highest BCUT2D eigenvalue weighted by Crippen LogP contribution is 2.35. The van der Waals surface area contributed by atoms with Gasteiger partial charge in [0.2, 0.25) is 5.91 Å². The first kappa shape index (κ1) is 19.8. The Kier molecular flexibility index (Phi) is 5.81. The van der Waals surface area contributed by atoms with Crippen LogP contribution in [0, 0.1) is 11.7 Å². The van der Waals surface area contributed by atoms with Crippen molar-refractivity contribution in [2.24, 2.45) is 0 Å². The summed E-state index contributed by atoms with van der Waals surface area (Å²) in [5.74, 6) is 1.78. The third-order valence-corrected chi connectivity index (χ3v) is 6.03. The summed E-state index contributed by atoms with van der Waals surface area (Å²) in [6, 6.07) is 8.60. The van der Waals surface area contributed by atoms with Gasteiger partial charge < -0.3 is 9.88 Å². The van der Waals surface area contributed by atoms with Crippen LogP contribution >= 0.6 is 24.0 Å². The number of aromatic amines is 1. The molecule has 0 bridgehead atoms. The summed E-state index contributed by atoms with van der Waals surface area (Å²) < 4.78 is 4.65. The van der Waals surface area contributed by atoms with Crippen molar-refractivity contribution in [2.75, 3.05) is 5.75 Å². The van der Waals surface area contributed by atoms with E-state index in [1.165, 1.54) is 17.3 Å². The van der Waals surface area contributed by atoms with Crippen LogP contribution < -0.4 is 5.32 Å². The highest BCUT2D eigenvalue weighted by molar-refractivity contribution is 7.99. The van der Waals surface area contributed by atoms with Gasteiger partial charge in [0.15, 0.2) is 21.6 Å². The molecule has 1 amide bonds. The first-order valence-corrected chi connectivity index (χ1v) is 11.0. The van der Waals surface area contributed by atoms with E-state index in [0.29, 0.717) is 17.4 Å². The van der Waals surface area contributed by atoms with Crippen molar-refractivity contribution >= 4 is 29.9 Å². The molecule has 1 aromatic carbocycles. The van der Waals surface area contributed by atoms with E-state index in [1.807, 2.05) is 28.2 Å². The Bertz CT molecular complexity index is 1080. The van der Waals surface area contributed by atoms with Crippen LogP contribution in [-0.4, -0.2) is 41.2 Å². The topological polar surface area (TPSA) is 93.4 Å². The number of nitrogens with one attached hydrogen (secondary N) is 2. The minimum absolute atomic E-state index is 0.0750. The van der Waals surface area contributed by atoms with Crippen LogP contribution in [0.25, 0.3) is 11.4 Å². The number of carbonyl (C=O) groups excluding carboxylic acids is 1. The van der Waals surface area contributed by atoms with E-state index in [9.17, 15) is 4.79 Å². The van der Waals surface area contributed by atoms with Gasteiger partial charge >= 0.3 is 0 Å². The molecule has 0 saturated heterocycles. The second-order valence-electron chi connectivity index (χ2n) is 7.03. The Hall–Kier alpha value is -2.46. The molecule has 1 saturated carbocycles. The van der Waals surface area contributed by atoms with E-state index in [2.05, 4.69) is 44.8 Å². The van der Waals surface area contributed by atoms with Gasteiger partial charge in [0, 0.05) is 18.2 Å². The van der Waals surface area contributed by atoms with E-state index in [1.54, 1.807) is 0 Å².